The topological polar surface area (TPSA) is 60.0 Å². The van der Waals surface area contributed by atoms with E-state index in [0.717, 1.165) is 37.2 Å². The van der Waals surface area contributed by atoms with Gasteiger partial charge in [-0.1, -0.05) is 12.1 Å². The van der Waals surface area contributed by atoms with E-state index < -0.39 is 5.79 Å². The number of likely N-dealkylation sites (tertiary alicyclic amines) is 1. The highest BCUT2D eigenvalue weighted by Gasteiger charge is 2.41. The number of nitrogens with zero attached hydrogens (tertiary/aromatic N) is 1. The lowest BCUT2D eigenvalue weighted by molar-refractivity contribution is -0.188. The predicted molar refractivity (Wildman–Crippen MR) is 89.7 cm³/mol. The Bertz CT molecular complexity index is 562. The minimum Gasteiger partial charge on any atom is -0.497 e. The standard InChI is InChI=1S/C18H26N2O4/c1-14(20-8-6-18(7-9-20)23-10-11-24-18)17(21)19-13-15-4-3-5-16(12-15)22-2/h3-5,12,14H,6-11,13H2,1-2H3,(H,19,21). The Hall–Kier alpha value is -1.63. The smallest absolute Gasteiger partial charge is 0.237 e. The van der Waals surface area contributed by atoms with E-state index in [1.54, 1.807) is 7.11 Å². The van der Waals surface area contributed by atoms with Crippen LogP contribution in [0.3, 0.4) is 0 Å². The van der Waals surface area contributed by atoms with Gasteiger partial charge in [-0.3, -0.25) is 9.69 Å². The molecule has 0 saturated carbocycles. The summed E-state index contributed by atoms with van der Waals surface area (Å²) in [6, 6.07) is 7.58. The lowest BCUT2D eigenvalue weighted by Gasteiger charge is -2.39. The Morgan fingerprint density at radius 1 is 1.33 bits per heavy atom. The quantitative estimate of drug-likeness (QED) is 0.885. The van der Waals surface area contributed by atoms with E-state index in [-0.39, 0.29) is 11.9 Å². The van der Waals surface area contributed by atoms with Crippen LogP contribution in [0.4, 0.5) is 0 Å². The molecule has 1 aromatic carbocycles. The molecule has 1 aromatic rings. The third-order valence-electron chi connectivity index (χ3n) is 4.90. The molecule has 6 nitrogen and oxygen atoms in total. The van der Waals surface area contributed by atoms with Crippen LogP contribution in [0.1, 0.15) is 25.3 Å². The van der Waals surface area contributed by atoms with Crippen LogP contribution in [0.5, 0.6) is 5.75 Å². The highest BCUT2D eigenvalue weighted by molar-refractivity contribution is 5.81. The average Bonchev–Trinajstić information content (AvgIpc) is 3.08. The molecule has 3 rings (SSSR count). The highest BCUT2D eigenvalue weighted by atomic mass is 16.7. The summed E-state index contributed by atoms with van der Waals surface area (Å²) in [5.41, 5.74) is 1.03. The molecule has 2 heterocycles. The molecule has 0 radical (unpaired) electrons. The molecule has 132 valence electrons. The minimum atomic E-state index is -0.396. The molecule has 6 heteroatoms. The van der Waals surface area contributed by atoms with Crippen LogP contribution < -0.4 is 10.1 Å². The molecule has 0 aliphatic carbocycles. The highest BCUT2D eigenvalue weighted by Crippen LogP contribution is 2.31. The van der Waals surface area contributed by atoms with Gasteiger partial charge in [0.1, 0.15) is 5.75 Å². The lowest BCUT2D eigenvalue weighted by Crippen LogP contribution is -2.52. The first kappa shape index (κ1) is 17.2. The monoisotopic (exact) mass is 334 g/mol. The van der Waals surface area contributed by atoms with Crippen molar-refractivity contribution in [1.82, 2.24) is 10.2 Å². The number of hydrogen-bond donors (Lipinski definition) is 1. The van der Waals surface area contributed by atoms with Crippen LogP contribution in [0.2, 0.25) is 0 Å². The van der Waals surface area contributed by atoms with Gasteiger partial charge in [0, 0.05) is 32.5 Å². The molecule has 0 aromatic heterocycles. The van der Waals surface area contributed by atoms with Gasteiger partial charge in [0.15, 0.2) is 5.79 Å². The van der Waals surface area contributed by atoms with Gasteiger partial charge in [-0.05, 0) is 24.6 Å². The van der Waals surface area contributed by atoms with Gasteiger partial charge in [-0.2, -0.15) is 0 Å². The molecule has 1 N–H and O–H groups in total. The molecule has 1 unspecified atom stereocenters. The van der Waals surface area contributed by atoms with E-state index in [9.17, 15) is 4.79 Å². The van der Waals surface area contributed by atoms with Gasteiger partial charge in [-0.25, -0.2) is 0 Å². The van der Waals surface area contributed by atoms with Gasteiger partial charge < -0.3 is 19.5 Å². The fourth-order valence-electron chi connectivity index (χ4n) is 3.32. The molecular formula is C18H26N2O4. The SMILES string of the molecule is COc1cccc(CNC(=O)C(C)N2CCC3(CC2)OCCO3)c1. The zero-order chi connectivity index (χ0) is 17.0. The summed E-state index contributed by atoms with van der Waals surface area (Å²) in [5, 5.41) is 3.01. The summed E-state index contributed by atoms with van der Waals surface area (Å²) < 4.78 is 16.7. The first-order chi connectivity index (χ1) is 11.6. The largest absolute Gasteiger partial charge is 0.497 e. The Morgan fingerprint density at radius 2 is 2.04 bits per heavy atom. The van der Waals surface area contributed by atoms with Crippen molar-refractivity contribution in [2.45, 2.75) is 38.1 Å². The molecule has 2 saturated heterocycles. The number of carbonyl (C=O) groups is 1. The van der Waals surface area contributed by atoms with Crippen LogP contribution in [0.15, 0.2) is 24.3 Å². The minimum absolute atomic E-state index is 0.0435. The van der Waals surface area contributed by atoms with Crippen LogP contribution >= 0.6 is 0 Å². The van der Waals surface area contributed by atoms with Crippen molar-refractivity contribution in [3.8, 4) is 5.75 Å². The van der Waals surface area contributed by atoms with E-state index in [2.05, 4.69) is 10.2 Å². The zero-order valence-corrected chi connectivity index (χ0v) is 14.4. The Balaban J connectivity index is 1.48. The van der Waals surface area contributed by atoms with Crippen molar-refractivity contribution < 1.29 is 19.0 Å². The Morgan fingerprint density at radius 3 is 2.71 bits per heavy atom. The van der Waals surface area contributed by atoms with E-state index in [1.165, 1.54) is 0 Å². The van der Waals surface area contributed by atoms with E-state index >= 15 is 0 Å². The maximum absolute atomic E-state index is 12.4. The van der Waals surface area contributed by atoms with E-state index in [1.807, 2.05) is 31.2 Å². The van der Waals surface area contributed by atoms with Crippen molar-refractivity contribution >= 4 is 5.91 Å². The van der Waals surface area contributed by atoms with Crippen LogP contribution in [0.25, 0.3) is 0 Å². The zero-order valence-electron chi connectivity index (χ0n) is 14.4. The number of piperidine rings is 1. The van der Waals surface area contributed by atoms with Gasteiger partial charge >= 0.3 is 0 Å². The van der Waals surface area contributed by atoms with E-state index in [0.29, 0.717) is 19.8 Å². The molecule has 1 amide bonds. The summed E-state index contributed by atoms with van der Waals surface area (Å²) in [6.07, 6.45) is 1.64. The third-order valence-corrected chi connectivity index (χ3v) is 4.90. The first-order valence-electron chi connectivity index (χ1n) is 8.54. The maximum Gasteiger partial charge on any atom is 0.237 e. The summed E-state index contributed by atoms with van der Waals surface area (Å²) in [6.45, 7) is 5.44. The second-order valence-corrected chi connectivity index (χ2v) is 6.39. The number of rotatable bonds is 5. The molecule has 1 spiro atoms. The summed E-state index contributed by atoms with van der Waals surface area (Å²) in [4.78, 5) is 14.6. The number of methoxy groups -OCH3 is 1. The number of ether oxygens (including phenoxy) is 3. The fraction of sp³-hybridized carbons (Fsp3) is 0.611. The van der Waals surface area contributed by atoms with Gasteiger partial charge in [0.05, 0.1) is 26.4 Å². The molecule has 2 aliphatic rings. The third kappa shape index (κ3) is 3.88. The predicted octanol–water partition coefficient (Wildman–Crippen LogP) is 1.54. The van der Waals surface area contributed by atoms with Crippen LogP contribution in [0, 0.1) is 0 Å². The van der Waals surface area contributed by atoms with Crippen molar-refractivity contribution in [2.75, 3.05) is 33.4 Å². The fourth-order valence-corrected chi connectivity index (χ4v) is 3.32. The van der Waals surface area contributed by atoms with Crippen molar-refractivity contribution in [1.29, 1.82) is 0 Å². The normalized spacial score (nSPS) is 21.6. The van der Waals surface area contributed by atoms with Gasteiger partial charge in [0.25, 0.3) is 0 Å². The lowest BCUT2D eigenvalue weighted by atomic mass is 10.0. The van der Waals surface area contributed by atoms with E-state index in [4.69, 9.17) is 14.2 Å². The summed E-state index contributed by atoms with van der Waals surface area (Å²) >= 11 is 0. The molecular weight excluding hydrogens is 308 g/mol. The van der Waals surface area contributed by atoms with Crippen molar-refractivity contribution in [3.05, 3.63) is 29.8 Å². The number of nitrogens with one attached hydrogen (secondary N) is 1. The number of hydrogen-bond acceptors (Lipinski definition) is 5. The molecule has 1 atom stereocenters. The van der Waals surface area contributed by atoms with Crippen LogP contribution in [-0.2, 0) is 20.8 Å². The molecule has 2 fully saturated rings. The molecule has 0 bridgehead atoms. The molecule has 24 heavy (non-hydrogen) atoms. The molecule has 2 aliphatic heterocycles. The Kier molecular flexibility index (Phi) is 5.38. The second kappa shape index (κ2) is 7.51. The summed E-state index contributed by atoms with van der Waals surface area (Å²) in [7, 11) is 1.64. The van der Waals surface area contributed by atoms with Gasteiger partial charge in [-0.15, -0.1) is 0 Å². The number of carbonyl (C=O) groups excluding carboxylic acids is 1. The van der Waals surface area contributed by atoms with Gasteiger partial charge in [0.2, 0.25) is 5.91 Å². The second-order valence-electron chi connectivity index (χ2n) is 6.39. The first-order valence-corrected chi connectivity index (χ1v) is 8.54. The van der Waals surface area contributed by atoms with Crippen molar-refractivity contribution in [3.63, 3.8) is 0 Å². The van der Waals surface area contributed by atoms with Crippen molar-refractivity contribution in [2.24, 2.45) is 0 Å². The maximum atomic E-state index is 12.4. The summed E-state index contributed by atoms with van der Waals surface area (Å²) in [5.74, 6) is 0.447. The average molecular weight is 334 g/mol. The van der Waals surface area contributed by atoms with Crippen LogP contribution in [-0.4, -0.2) is 56.0 Å². The number of benzene rings is 1. The number of amides is 1. The Labute approximate surface area is 143 Å².